The first-order chi connectivity index (χ1) is 8.11. The molecule has 0 aliphatic heterocycles. The molecule has 0 aromatic carbocycles. The maximum Gasteiger partial charge on any atom is 0.243 e. The first kappa shape index (κ1) is 11.4. The smallest absolute Gasteiger partial charge is 0.243 e. The predicted molar refractivity (Wildman–Crippen MR) is 62.1 cm³/mol. The third kappa shape index (κ3) is 2.22. The topological polar surface area (TPSA) is 87.6 Å². The summed E-state index contributed by atoms with van der Waals surface area (Å²) >= 11 is 0. The quantitative estimate of drug-likeness (QED) is 0.849. The summed E-state index contributed by atoms with van der Waals surface area (Å²) in [7, 11) is 0. The van der Waals surface area contributed by atoms with Gasteiger partial charge in [-0.1, -0.05) is 0 Å². The highest BCUT2D eigenvalue weighted by atomic mass is 16.5. The normalized spacial score (nSPS) is 11.1. The van der Waals surface area contributed by atoms with Crippen LogP contribution in [0.15, 0.2) is 6.07 Å². The summed E-state index contributed by atoms with van der Waals surface area (Å²) in [6, 6.07) is 1.69. The molecule has 0 radical (unpaired) electrons. The van der Waals surface area contributed by atoms with Crippen LogP contribution in [0.4, 0.5) is 5.95 Å². The van der Waals surface area contributed by atoms with E-state index in [2.05, 4.69) is 15.3 Å². The molecular weight excluding hydrogens is 222 g/mol. The van der Waals surface area contributed by atoms with Crippen molar-refractivity contribution in [3.63, 3.8) is 0 Å². The molecule has 0 aliphatic carbocycles. The van der Waals surface area contributed by atoms with Gasteiger partial charge in [-0.3, -0.25) is 0 Å². The highest BCUT2D eigenvalue weighted by molar-refractivity contribution is 5.56. The zero-order valence-electron chi connectivity index (χ0n) is 10.0. The molecule has 0 spiro atoms. The number of nitrogen functional groups attached to an aromatic ring is 1. The molecule has 2 rings (SSSR count). The fourth-order valence-corrected chi connectivity index (χ4v) is 1.41. The molecular formula is C10H15N5O2. The van der Waals surface area contributed by atoms with E-state index in [0.717, 1.165) is 0 Å². The minimum absolute atomic E-state index is 0.0219. The number of hydrogen-bond donors (Lipinski definition) is 1. The average molecular weight is 237 g/mol. The Labute approximate surface area is 98.5 Å². The van der Waals surface area contributed by atoms with E-state index in [1.165, 1.54) is 4.52 Å². The maximum absolute atomic E-state index is 5.66. The van der Waals surface area contributed by atoms with Gasteiger partial charge in [-0.15, -0.1) is 15.3 Å². The summed E-state index contributed by atoms with van der Waals surface area (Å²) in [4.78, 5) is 0. The van der Waals surface area contributed by atoms with Crippen LogP contribution >= 0.6 is 0 Å². The summed E-state index contributed by atoms with van der Waals surface area (Å²) in [5.74, 6) is 1.19. The van der Waals surface area contributed by atoms with Gasteiger partial charge < -0.3 is 15.2 Å². The van der Waals surface area contributed by atoms with Gasteiger partial charge in [0.1, 0.15) is 0 Å². The van der Waals surface area contributed by atoms with E-state index in [4.69, 9.17) is 15.2 Å². The molecule has 0 atom stereocenters. The fourth-order valence-electron chi connectivity index (χ4n) is 1.41. The molecule has 0 fully saturated rings. The Bertz CT molecular complexity index is 523. The van der Waals surface area contributed by atoms with Crippen molar-refractivity contribution in [2.45, 2.75) is 26.9 Å². The second-order valence-electron chi connectivity index (χ2n) is 3.74. The lowest BCUT2D eigenvalue weighted by atomic mass is 10.4. The van der Waals surface area contributed by atoms with E-state index >= 15 is 0 Å². The molecule has 2 heterocycles. The first-order valence-corrected chi connectivity index (χ1v) is 5.43. The minimum Gasteiger partial charge on any atom is -0.487 e. The van der Waals surface area contributed by atoms with E-state index in [9.17, 15) is 0 Å². The van der Waals surface area contributed by atoms with E-state index in [0.29, 0.717) is 23.9 Å². The van der Waals surface area contributed by atoms with Crippen molar-refractivity contribution in [1.82, 2.24) is 19.8 Å². The Hall–Kier alpha value is -2.05. The largest absolute Gasteiger partial charge is 0.487 e. The highest BCUT2D eigenvalue weighted by Crippen LogP contribution is 2.24. The number of fused-ring (bicyclic) bond motifs is 1. The van der Waals surface area contributed by atoms with Gasteiger partial charge in [0.2, 0.25) is 17.5 Å². The molecule has 7 nitrogen and oxygen atoms in total. The Balaban J connectivity index is 2.53. The van der Waals surface area contributed by atoms with Crippen LogP contribution in [0.5, 0.6) is 11.6 Å². The number of anilines is 1. The number of aromatic nitrogens is 4. The summed E-state index contributed by atoms with van der Waals surface area (Å²) in [5, 5.41) is 11.8. The third-order valence-corrected chi connectivity index (χ3v) is 1.99. The second kappa shape index (κ2) is 4.44. The lowest BCUT2D eigenvalue weighted by Gasteiger charge is -2.11. The van der Waals surface area contributed by atoms with Gasteiger partial charge in [-0.05, 0) is 20.8 Å². The number of hydrogen-bond acceptors (Lipinski definition) is 6. The van der Waals surface area contributed by atoms with Gasteiger partial charge in [0, 0.05) is 6.07 Å². The lowest BCUT2D eigenvalue weighted by Crippen LogP contribution is -2.09. The van der Waals surface area contributed by atoms with Crippen molar-refractivity contribution in [2.75, 3.05) is 12.3 Å². The van der Waals surface area contributed by atoms with Crippen molar-refractivity contribution < 1.29 is 9.47 Å². The number of nitrogens with two attached hydrogens (primary N) is 1. The van der Waals surface area contributed by atoms with Gasteiger partial charge in [-0.2, -0.15) is 4.52 Å². The van der Waals surface area contributed by atoms with Crippen LogP contribution in [0, 0.1) is 0 Å². The predicted octanol–water partition coefficient (Wildman–Crippen LogP) is 0.892. The van der Waals surface area contributed by atoms with E-state index < -0.39 is 0 Å². The van der Waals surface area contributed by atoms with E-state index in [1.54, 1.807) is 6.07 Å². The van der Waals surface area contributed by atoms with Crippen LogP contribution in [0.2, 0.25) is 0 Å². The molecule has 0 amide bonds. The van der Waals surface area contributed by atoms with Crippen molar-refractivity contribution in [3.8, 4) is 11.6 Å². The zero-order valence-corrected chi connectivity index (χ0v) is 10.0. The maximum atomic E-state index is 5.66. The number of rotatable bonds is 4. The van der Waals surface area contributed by atoms with Gasteiger partial charge in [0.25, 0.3) is 0 Å². The molecule has 2 N–H and O–H groups in total. The fraction of sp³-hybridized carbons (Fsp3) is 0.500. The third-order valence-electron chi connectivity index (χ3n) is 1.99. The molecule has 2 aromatic heterocycles. The molecule has 0 saturated heterocycles. The molecule has 0 bridgehead atoms. The Morgan fingerprint density at radius 3 is 2.82 bits per heavy atom. The SMILES string of the molecule is CCOc1cc(OC(C)C)c2nnc(N)n2n1. The molecule has 17 heavy (non-hydrogen) atoms. The molecule has 92 valence electrons. The number of ether oxygens (including phenoxy) is 2. The monoisotopic (exact) mass is 237 g/mol. The van der Waals surface area contributed by atoms with Crippen LogP contribution in [0.1, 0.15) is 20.8 Å². The van der Waals surface area contributed by atoms with Gasteiger partial charge in [0.05, 0.1) is 12.7 Å². The lowest BCUT2D eigenvalue weighted by molar-refractivity contribution is 0.240. The van der Waals surface area contributed by atoms with Crippen LogP contribution in [-0.2, 0) is 0 Å². The van der Waals surface area contributed by atoms with Crippen molar-refractivity contribution in [1.29, 1.82) is 0 Å². The first-order valence-electron chi connectivity index (χ1n) is 5.43. The minimum atomic E-state index is 0.0219. The zero-order chi connectivity index (χ0) is 12.4. The van der Waals surface area contributed by atoms with Crippen LogP contribution < -0.4 is 15.2 Å². The Kier molecular flexibility index (Phi) is 2.99. The summed E-state index contributed by atoms with van der Waals surface area (Å²) in [5.41, 5.74) is 6.14. The molecule has 0 aliphatic rings. The highest BCUT2D eigenvalue weighted by Gasteiger charge is 2.13. The summed E-state index contributed by atoms with van der Waals surface area (Å²) in [6.07, 6.45) is 0.0219. The Morgan fingerprint density at radius 1 is 1.41 bits per heavy atom. The molecule has 0 unspecified atom stereocenters. The van der Waals surface area contributed by atoms with Crippen molar-refractivity contribution in [2.24, 2.45) is 0 Å². The Morgan fingerprint density at radius 2 is 2.18 bits per heavy atom. The van der Waals surface area contributed by atoms with Gasteiger partial charge >= 0.3 is 0 Å². The molecule has 2 aromatic rings. The number of nitrogens with zero attached hydrogens (tertiary/aromatic N) is 4. The average Bonchev–Trinajstić information content (AvgIpc) is 2.61. The van der Waals surface area contributed by atoms with Gasteiger partial charge in [0.15, 0.2) is 5.75 Å². The molecule has 0 saturated carbocycles. The van der Waals surface area contributed by atoms with E-state index in [-0.39, 0.29) is 12.1 Å². The van der Waals surface area contributed by atoms with Gasteiger partial charge in [-0.25, -0.2) is 0 Å². The standard InChI is InChI=1S/C10H15N5O2/c1-4-16-8-5-7(17-6(2)3)9-12-13-10(11)15(9)14-8/h5-6H,4H2,1-3H3,(H2,11,13). The van der Waals surface area contributed by atoms with Crippen LogP contribution in [0.3, 0.4) is 0 Å². The molecule has 7 heteroatoms. The second-order valence-corrected chi connectivity index (χ2v) is 3.74. The van der Waals surface area contributed by atoms with E-state index in [1.807, 2.05) is 20.8 Å². The summed E-state index contributed by atoms with van der Waals surface area (Å²) < 4.78 is 12.4. The summed E-state index contributed by atoms with van der Waals surface area (Å²) in [6.45, 7) is 6.25. The van der Waals surface area contributed by atoms with Crippen LogP contribution in [-0.4, -0.2) is 32.5 Å². The van der Waals surface area contributed by atoms with Crippen LogP contribution in [0.25, 0.3) is 5.65 Å². The van der Waals surface area contributed by atoms with Crippen molar-refractivity contribution >= 4 is 11.6 Å². The van der Waals surface area contributed by atoms with Crippen molar-refractivity contribution in [3.05, 3.63) is 6.07 Å².